The number of nitrogens with one attached hydrogen (secondary N) is 1. The third-order valence-corrected chi connectivity index (χ3v) is 5.18. The Bertz CT molecular complexity index is 393. The van der Waals surface area contributed by atoms with Crippen molar-refractivity contribution in [1.29, 1.82) is 0 Å². The topological polar surface area (TPSA) is 15.3 Å². The number of benzene rings is 1. The second-order valence-corrected chi connectivity index (χ2v) is 6.89. The van der Waals surface area contributed by atoms with E-state index in [-0.39, 0.29) is 0 Å². The molecule has 1 aliphatic rings. The first-order valence-electron chi connectivity index (χ1n) is 8.62. The zero-order chi connectivity index (χ0) is 15.1. The minimum atomic E-state index is 0.391. The molecule has 2 nitrogen and oxygen atoms in total. The van der Waals surface area contributed by atoms with Gasteiger partial charge >= 0.3 is 0 Å². The average molecular weight is 288 g/mol. The van der Waals surface area contributed by atoms with Gasteiger partial charge < -0.3 is 5.32 Å². The van der Waals surface area contributed by atoms with E-state index in [0.29, 0.717) is 11.6 Å². The van der Waals surface area contributed by atoms with Crippen molar-refractivity contribution in [1.82, 2.24) is 10.2 Å². The van der Waals surface area contributed by atoms with Crippen LogP contribution in [0.2, 0.25) is 0 Å². The summed E-state index contributed by atoms with van der Waals surface area (Å²) < 4.78 is 0. The van der Waals surface area contributed by atoms with E-state index in [1.54, 1.807) is 0 Å². The molecule has 0 unspecified atom stereocenters. The molecular formula is C19H32N2. The predicted molar refractivity (Wildman–Crippen MR) is 91.5 cm³/mol. The van der Waals surface area contributed by atoms with E-state index in [9.17, 15) is 0 Å². The third kappa shape index (κ3) is 4.82. The van der Waals surface area contributed by atoms with Gasteiger partial charge in [-0.2, -0.15) is 0 Å². The van der Waals surface area contributed by atoms with Crippen molar-refractivity contribution in [3.63, 3.8) is 0 Å². The molecule has 21 heavy (non-hydrogen) atoms. The Morgan fingerprint density at radius 1 is 1.10 bits per heavy atom. The van der Waals surface area contributed by atoms with E-state index >= 15 is 0 Å². The van der Waals surface area contributed by atoms with E-state index in [4.69, 9.17) is 0 Å². The molecule has 0 radical (unpaired) electrons. The van der Waals surface area contributed by atoms with Gasteiger partial charge in [0.15, 0.2) is 0 Å². The Morgan fingerprint density at radius 2 is 1.76 bits per heavy atom. The van der Waals surface area contributed by atoms with Crippen molar-refractivity contribution in [2.24, 2.45) is 0 Å². The van der Waals surface area contributed by atoms with Crippen LogP contribution < -0.4 is 5.32 Å². The van der Waals surface area contributed by atoms with Crippen LogP contribution >= 0.6 is 0 Å². The Morgan fingerprint density at radius 3 is 2.33 bits per heavy atom. The molecule has 118 valence electrons. The molecule has 1 aromatic rings. The Kier molecular flexibility index (Phi) is 6.25. The summed E-state index contributed by atoms with van der Waals surface area (Å²) in [5.41, 5.74) is 1.82. The average Bonchev–Trinajstić information content (AvgIpc) is 2.53. The quantitative estimate of drug-likeness (QED) is 0.808. The second kappa shape index (κ2) is 7.95. The highest BCUT2D eigenvalue weighted by molar-refractivity contribution is 5.14. The summed E-state index contributed by atoms with van der Waals surface area (Å²) >= 11 is 0. The summed E-state index contributed by atoms with van der Waals surface area (Å²) in [6.07, 6.45) is 8.17. The number of nitrogens with zero attached hydrogens (tertiary/aromatic N) is 1. The van der Waals surface area contributed by atoms with Crippen LogP contribution in [-0.2, 0) is 6.54 Å². The first kappa shape index (κ1) is 16.5. The highest BCUT2D eigenvalue weighted by Gasteiger charge is 2.30. The number of hydrogen-bond acceptors (Lipinski definition) is 2. The van der Waals surface area contributed by atoms with Crippen molar-refractivity contribution < 1.29 is 0 Å². The lowest BCUT2D eigenvalue weighted by Crippen LogP contribution is -2.47. The van der Waals surface area contributed by atoms with Crippen LogP contribution in [0.3, 0.4) is 0 Å². The summed E-state index contributed by atoms with van der Waals surface area (Å²) in [5.74, 6) is 0. The van der Waals surface area contributed by atoms with E-state index in [0.717, 1.165) is 6.54 Å². The fourth-order valence-electron chi connectivity index (χ4n) is 3.55. The van der Waals surface area contributed by atoms with Gasteiger partial charge in [0.05, 0.1) is 0 Å². The van der Waals surface area contributed by atoms with E-state index < -0.39 is 0 Å². The van der Waals surface area contributed by atoms with Crippen LogP contribution in [0.15, 0.2) is 30.3 Å². The van der Waals surface area contributed by atoms with Gasteiger partial charge in [-0.3, -0.25) is 4.90 Å². The highest BCUT2D eigenvalue weighted by Crippen LogP contribution is 2.31. The van der Waals surface area contributed by atoms with Crippen LogP contribution in [0, 0.1) is 0 Å². The normalized spacial score (nSPS) is 18.3. The molecule has 0 amide bonds. The predicted octanol–water partition coefficient (Wildman–Crippen LogP) is 4.21. The van der Waals surface area contributed by atoms with Gasteiger partial charge in [0.25, 0.3) is 0 Å². The molecule has 1 N–H and O–H groups in total. The molecular weight excluding hydrogens is 256 g/mol. The molecule has 0 aromatic heterocycles. The molecule has 0 bridgehead atoms. The summed E-state index contributed by atoms with van der Waals surface area (Å²) in [5, 5.41) is 3.65. The summed E-state index contributed by atoms with van der Waals surface area (Å²) in [6.45, 7) is 6.89. The van der Waals surface area contributed by atoms with Gasteiger partial charge in [-0.1, -0.05) is 49.6 Å². The maximum atomic E-state index is 3.65. The minimum Gasteiger partial charge on any atom is -0.314 e. The fraction of sp³-hybridized carbons (Fsp3) is 0.684. The molecule has 0 aliphatic heterocycles. The van der Waals surface area contributed by atoms with Crippen molar-refractivity contribution in [2.45, 2.75) is 70.5 Å². The Hall–Kier alpha value is -0.860. The maximum Gasteiger partial charge on any atom is 0.0236 e. The van der Waals surface area contributed by atoms with Crippen molar-refractivity contribution in [3.8, 4) is 0 Å². The lowest BCUT2D eigenvalue weighted by molar-refractivity contribution is 0.155. The smallest absolute Gasteiger partial charge is 0.0236 e. The Balaban J connectivity index is 1.93. The van der Waals surface area contributed by atoms with E-state index in [2.05, 4.69) is 61.4 Å². The van der Waals surface area contributed by atoms with E-state index in [1.807, 2.05) is 0 Å². The van der Waals surface area contributed by atoms with Gasteiger partial charge in [0.1, 0.15) is 0 Å². The van der Waals surface area contributed by atoms with Crippen LogP contribution in [0.4, 0.5) is 0 Å². The van der Waals surface area contributed by atoms with Gasteiger partial charge in [-0.25, -0.2) is 0 Å². The summed E-state index contributed by atoms with van der Waals surface area (Å²) in [4.78, 5) is 2.61. The lowest BCUT2D eigenvalue weighted by atomic mass is 9.79. The molecule has 0 spiro atoms. The van der Waals surface area contributed by atoms with Crippen LogP contribution in [0.25, 0.3) is 0 Å². The van der Waals surface area contributed by atoms with Gasteiger partial charge in [0, 0.05) is 24.7 Å². The summed E-state index contributed by atoms with van der Waals surface area (Å²) in [6, 6.07) is 11.5. The number of rotatable bonds is 7. The van der Waals surface area contributed by atoms with Crippen molar-refractivity contribution >= 4 is 0 Å². The van der Waals surface area contributed by atoms with Crippen LogP contribution in [-0.4, -0.2) is 30.1 Å². The SMILES string of the molecule is CNC1(CCN(Cc2ccccc2)C(C)C)CCCCC1. The first-order valence-corrected chi connectivity index (χ1v) is 8.62. The molecule has 1 fully saturated rings. The highest BCUT2D eigenvalue weighted by atomic mass is 15.1. The van der Waals surface area contributed by atoms with Gasteiger partial charge in [-0.15, -0.1) is 0 Å². The largest absolute Gasteiger partial charge is 0.314 e. The van der Waals surface area contributed by atoms with Crippen molar-refractivity contribution in [3.05, 3.63) is 35.9 Å². The minimum absolute atomic E-state index is 0.391. The molecule has 0 heterocycles. The number of hydrogen-bond donors (Lipinski definition) is 1. The van der Waals surface area contributed by atoms with Gasteiger partial charge in [-0.05, 0) is 45.7 Å². The standard InChI is InChI=1S/C19H32N2/c1-17(2)21(16-18-10-6-4-7-11-18)15-14-19(20-3)12-8-5-9-13-19/h4,6-7,10-11,17,20H,5,8-9,12-16H2,1-3H3. The molecule has 2 heteroatoms. The zero-order valence-electron chi connectivity index (χ0n) is 14.1. The third-order valence-electron chi connectivity index (χ3n) is 5.18. The molecule has 1 saturated carbocycles. The monoisotopic (exact) mass is 288 g/mol. The molecule has 1 aromatic carbocycles. The maximum absolute atomic E-state index is 3.65. The van der Waals surface area contributed by atoms with E-state index in [1.165, 1.54) is 50.6 Å². The van der Waals surface area contributed by atoms with Gasteiger partial charge in [0.2, 0.25) is 0 Å². The molecule has 1 aliphatic carbocycles. The molecule has 0 saturated heterocycles. The molecule has 0 atom stereocenters. The Labute approximate surface area is 130 Å². The van der Waals surface area contributed by atoms with Crippen LogP contribution in [0.1, 0.15) is 57.9 Å². The fourth-order valence-corrected chi connectivity index (χ4v) is 3.55. The zero-order valence-corrected chi connectivity index (χ0v) is 14.1. The summed E-state index contributed by atoms with van der Waals surface area (Å²) in [7, 11) is 2.15. The van der Waals surface area contributed by atoms with Crippen LogP contribution in [0.5, 0.6) is 0 Å². The molecule has 2 rings (SSSR count). The lowest BCUT2D eigenvalue weighted by Gasteiger charge is -2.39. The van der Waals surface area contributed by atoms with Crippen molar-refractivity contribution in [2.75, 3.05) is 13.6 Å². The second-order valence-electron chi connectivity index (χ2n) is 6.89. The first-order chi connectivity index (χ1) is 10.2.